The van der Waals surface area contributed by atoms with Gasteiger partial charge < -0.3 is 4.84 Å². The Morgan fingerprint density at radius 3 is 2.03 bits per heavy atom. The first-order valence-corrected chi connectivity index (χ1v) is 12.2. The Hall–Kier alpha value is -3.17. The number of oxime groups is 1. The molecule has 2 aliphatic rings. The van der Waals surface area contributed by atoms with Crippen LogP contribution in [0.5, 0.6) is 0 Å². The summed E-state index contributed by atoms with van der Waals surface area (Å²) in [4.78, 5) is 8.31. The van der Waals surface area contributed by atoms with Crippen LogP contribution in [0.3, 0.4) is 0 Å². The fraction of sp³-hybridized carbons (Fsp3) is 0.300. The molecule has 0 aromatic heterocycles. The lowest BCUT2D eigenvalue weighted by Crippen LogP contribution is -2.24. The Kier molecular flexibility index (Phi) is 6.98. The lowest BCUT2D eigenvalue weighted by Gasteiger charge is -2.34. The molecule has 0 saturated carbocycles. The highest BCUT2D eigenvalue weighted by atomic mass is 16.6. The van der Waals surface area contributed by atoms with Crippen molar-refractivity contribution in [1.82, 2.24) is 4.90 Å². The first-order valence-electron chi connectivity index (χ1n) is 12.2. The highest BCUT2D eigenvalue weighted by Crippen LogP contribution is 2.47. The summed E-state index contributed by atoms with van der Waals surface area (Å²) in [5.74, 6) is 0.564. The van der Waals surface area contributed by atoms with Crippen LogP contribution in [0, 0.1) is 0 Å². The number of rotatable bonds is 7. The average Bonchev–Trinajstić information content (AvgIpc) is 3.41. The minimum Gasteiger partial charge on any atom is -0.394 e. The smallest absolute Gasteiger partial charge is 0.129 e. The molecule has 5 rings (SSSR count). The van der Waals surface area contributed by atoms with Crippen molar-refractivity contribution in [1.29, 1.82) is 0 Å². The van der Waals surface area contributed by atoms with E-state index in [4.69, 9.17) is 4.84 Å². The maximum Gasteiger partial charge on any atom is 0.129 e. The van der Waals surface area contributed by atoms with Crippen LogP contribution in [0.4, 0.5) is 0 Å². The molecule has 0 N–H and O–H groups in total. The Morgan fingerprint density at radius 2 is 1.36 bits per heavy atom. The second-order valence-electron chi connectivity index (χ2n) is 9.04. The van der Waals surface area contributed by atoms with Gasteiger partial charge in [-0.05, 0) is 54.3 Å². The van der Waals surface area contributed by atoms with E-state index in [-0.39, 0.29) is 5.92 Å². The van der Waals surface area contributed by atoms with Crippen LogP contribution in [-0.2, 0) is 4.84 Å². The summed E-state index contributed by atoms with van der Waals surface area (Å²) in [6.45, 7) is 3.98. The van der Waals surface area contributed by atoms with Crippen molar-refractivity contribution in [2.75, 3.05) is 26.2 Å². The molecule has 0 amide bonds. The van der Waals surface area contributed by atoms with Gasteiger partial charge in [0.1, 0.15) is 6.61 Å². The van der Waals surface area contributed by atoms with Crippen LogP contribution < -0.4 is 0 Å². The van der Waals surface area contributed by atoms with Crippen LogP contribution in [0.2, 0.25) is 0 Å². The highest BCUT2D eigenvalue weighted by Gasteiger charge is 2.33. The Labute approximate surface area is 197 Å². The van der Waals surface area contributed by atoms with Crippen LogP contribution in [0.25, 0.3) is 5.57 Å². The molecule has 2 unspecified atom stereocenters. The SMILES string of the molecule is C1=C(c2ccccc2)C(c2ccccc2)C(c2ccccc2)CC1=NOCCN1CCCC1. The normalized spacial score (nSPS) is 22.3. The second-order valence-corrected chi connectivity index (χ2v) is 9.04. The van der Waals surface area contributed by atoms with Crippen molar-refractivity contribution in [3.05, 3.63) is 114 Å². The van der Waals surface area contributed by atoms with Gasteiger partial charge in [0, 0.05) is 24.8 Å². The molecule has 3 nitrogen and oxygen atoms in total. The zero-order chi connectivity index (χ0) is 22.3. The quantitative estimate of drug-likeness (QED) is 0.311. The highest BCUT2D eigenvalue weighted by molar-refractivity contribution is 6.04. The van der Waals surface area contributed by atoms with Gasteiger partial charge in [-0.15, -0.1) is 0 Å². The molecular weight excluding hydrogens is 404 g/mol. The number of nitrogens with zero attached hydrogens (tertiary/aromatic N) is 2. The molecule has 0 radical (unpaired) electrons. The van der Waals surface area contributed by atoms with Gasteiger partial charge in [0.25, 0.3) is 0 Å². The summed E-state index contributed by atoms with van der Waals surface area (Å²) in [5.41, 5.74) is 6.27. The van der Waals surface area contributed by atoms with Gasteiger partial charge in [-0.25, -0.2) is 0 Å². The van der Waals surface area contributed by atoms with E-state index in [0.717, 1.165) is 18.7 Å². The largest absolute Gasteiger partial charge is 0.394 e. The summed E-state index contributed by atoms with van der Waals surface area (Å²) in [6.07, 6.45) is 5.74. The molecule has 2 atom stereocenters. The molecular formula is C30H32N2O. The van der Waals surface area contributed by atoms with E-state index >= 15 is 0 Å². The molecule has 3 aromatic carbocycles. The Balaban J connectivity index is 1.49. The molecule has 1 saturated heterocycles. The predicted octanol–water partition coefficient (Wildman–Crippen LogP) is 6.51. The zero-order valence-electron chi connectivity index (χ0n) is 19.1. The van der Waals surface area contributed by atoms with Gasteiger partial charge >= 0.3 is 0 Å². The summed E-state index contributed by atoms with van der Waals surface area (Å²) < 4.78 is 0. The third-order valence-corrected chi connectivity index (χ3v) is 6.86. The number of hydrogen-bond acceptors (Lipinski definition) is 3. The van der Waals surface area contributed by atoms with Crippen molar-refractivity contribution in [2.24, 2.45) is 5.16 Å². The number of hydrogen-bond donors (Lipinski definition) is 0. The van der Waals surface area contributed by atoms with Crippen LogP contribution in [0.1, 0.15) is 47.8 Å². The van der Waals surface area contributed by atoms with E-state index in [1.165, 1.54) is 48.2 Å². The van der Waals surface area contributed by atoms with E-state index in [2.05, 4.69) is 107 Å². The van der Waals surface area contributed by atoms with Crippen molar-refractivity contribution >= 4 is 11.3 Å². The number of benzene rings is 3. The standard InChI is InChI=1S/C30H32N2O/c1-4-12-24(13-5-1)28-22-27(31-33-21-20-32-18-10-11-19-32)23-29(25-14-6-2-7-15-25)30(28)26-16-8-3-9-17-26/h1-9,12-17,22,29-30H,10-11,18-21,23H2. The minimum absolute atomic E-state index is 0.263. The van der Waals surface area contributed by atoms with Crippen LogP contribution in [-0.4, -0.2) is 36.9 Å². The third kappa shape index (κ3) is 5.26. The molecule has 1 aliphatic heterocycles. The van der Waals surface area contributed by atoms with E-state index in [1.807, 2.05) is 0 Å². The van der Waals surface area contributed by atoms with Gasteiger partial charge in [0.05, 0.1) is 5.71 Å². The average molecular weight is 437 g/mol. The first kappa shape index (κ1) is 21.7. The van der Waals surface area contributed by atoms with E-state index < -0.39 is 0 Å². The fourth-order valence-corrected chi connectivity index (χ4v) is 5.23. The van der Waals surface area contributed by atoms with Gasteiger partial charge in [-0.3, -0.25) is 4.90 Å². The minimum atomic E-state index is 0.263. The number of allylic oxidation sites excluding steroid dienone is 2. The van der Waals surface area contributed by atoms with Crippen molar-refractivity contribution in [3.8, 4) is 0 Å². The molecule has 168 valence electrons. The maximum absolute atomic E-state index is 5.85. The molecule has 1 aliphatic carbocycles. The summed E-state index contributed by atoms with van der Waals surface area (Å²) in [7, 11) is 0. The second kappa shape index (κ2) is 10.6. The van der Waals surface area contributed by atoms with Crippen LogP contribution in [0.15, 0.2) is 102 Å². The van der Waals surface area contributed by atoms with Gasteiger partial charge in [-0.1, -0.05) is 96.2 Å². The topological polar surface area (TPSA) is 24.8 Å². The molecule has 0 spiro atoms. The Morgan fingerprint density at radius 1 is 0.758 bits per heavy atom. The summed E-state index contributed by atoms with van der Waals surface area (Å²) in [6, 6.07) is 32.5. The fourth-order valence-electron chi connectivity index (χ4n) is 5.23. The summed E-state index contributed by atoms with van der Waals surface area (Å²) >= 11 is 0. The van der Waals surface area contributed by atoms with Gasteiger partial charge in [0.15, 0.2) is 0 Å². The van der Waals surface area contributed by atoms with E-state index in [9.17, 15) is 0 Å². The molecule has 0 bridgehead atoms. The predicted molar refractivity (Wildman–Crippen MR) is 136 cm³/mol. The molecule has 3 aromatic rings. The maximum atomic E-state index is 5.85. The van der Waals surface area contributed by atoms with Gasteiger partial charge in [0.2, 0.25) is 0 Å². The Bertz CT molecular complexity index is 1070. The molecule has 1 heterocycles. The molecule has 3 heteroatoms. The van der Waals surface area contributed by atoms with E-state index in [0.29, 0.717) is 12.5 Å². The van der Waals surface area contributed by atoms with Crippen molar-refractivity contribution in [2.45, 2.75) is 31.1 Å². The summed E-state index contributed by atoms with van der Waals surface area (Å²) in [5, 5.41) is 4.64. The lowest BCUT2D eigenvalue weighted by atomic mass is 9.69. The van der Waals surface area contributed by atoms with E-state index in [1.54, 1.807) is 0 Å². The van der Waals surface area contributed by atoms with Crippen molar-refractivity contribution in [3.63, 3.8) is 0 Å². The lowest BCUT2D eigenvalue weighted by molar-refractivity contribution is 0.118. The van der Waals surface area contributed by atoms with Gasteiger partial charge in [-0.2, -0.15) is 0 Å². The first-order chi connectivity index (χ1) is 16.4. The molecule has 33 heavy (non-hydrogen) atoms. The number of likely N-dealkylation sites (tertiary alicyclic amines) is 1. The van der Waals surface area contributed by atoms with Crippen LogP contribution >= 0.6 is 0 Å². The monoisotopic (exact) mass is 436 g/mol. The third-order valence-electron chi connectivity index (χ3n) is 6.86. The molecule has 1 fully saturated rings. The van der Waals surface area contributed by atoms with Crippen molar-refractivity contribution < 1.29 is 4.84 Å². The zero-order valence-corrected chi connectivity index (χ0v) is 19.1.